The second-order valence-corrected chi connectivity index (χ2v) is 27.8. The van der Waals surface area contributed by atoms with Gasteiger partial charge < -0.3 is 4.90 Å². The molecule has 14 rings (SSSR count). The van der Waals surface area contributed by atoms with Crippen molar-refractivity contribution in [2.75, 3.05) is 4.90 Å². The van der Waals surface area contributed by atoms with E-state index in [1.807, 2.05) is 0 Å². The molecule has 72 heavy (non-hydrogen) atoms. The molecule has 0 N–H and O–H groups in total. The maximum absolute atomic E-state index is 2.65. The minimum atomic E-state index is -2.65. The Morgan fingerprint density at radius 2 is 0.778 bits per heavy atom. The van der Waals surface area contributed by atoms with Crippen LogP contribution in [0.25, 0.3) is 44.5 Å². The van der Waals surface area contributed by atoms with E-state index in [2.05, 4.69) is 291 Å². The standard InChI is InChI=1S/C69H51NSi2/c1-69(50-22-5-3-6-23-50)63-34-14-9-29-57(63)58-44-43-53(47-64(58)69)70(52-24-20-27-55(46-52)71(2)65-35-15-10-30-59(65)60-31-11-16-36-66(60)71)51-41-39-48(40-42-51)49-21-19-28-56(45-49)72(54-25-7-4-8-26-54)67-37-17-12-32-61(67)62-33-13-18-38-68(62)72/h3-47H,1-2H3. The molecule has 1 unspecified atom stereocenters. The van der Waals surface area contributed by atoms with Gasteiger partial charge in [-0.2, -0.15) is 0 Å². The molecule has 11 aromatic carbocycles. The summed E-state index contributed by atoms with van der Waals surface area (Å²) in [5, 5.41) is 10.1. The molecule has 11 aromatic rings. The van der Waals surface area contributed by atoms with Crippen molar-refractivity contribution in [1.29, 1.82) is 0 Å². The predicted molar refractivity (Wildman–Crippen MR) is 309 cm³/mol. The first-order valence-electron chi connectivity index (χ1n) is 25.3. The monoisotopic (exact) mass is 949 g/mol. The molecule has 0 aromatic heterocycles. The van der Waals surface area contributed by atoms with Crippen LogP contribution in [0.5, 0.6) is 0 Å². The van der Waals surface area contributed by atoms with Gasteiger partial charge in [-0.1, -0.05) is 243 Å². The van der Waals surface area contributed by atoms with Gasteiger partial charge in [-0.15, -0.1) is 0 Å². The van der Waals surface area contributed by atoms with E-state index in [0.717, 1.165) is 17.1 Å². The molecule has 0 amide bonds. The minimum absolute atomic E-state index is 0.329. The molecule has 1 nitrogen and oxygen atoms in total. The van der Waals surface area contributed by atoms with Crippen molar-refractivity contribution in [3.05, 3.63) is 290 Å². The summed E-state index contributed by atoms with van der Waals surface area (Å²) in [6.45, 7) is 4.97. The van der Waals surface area contributed by atoms with Crippen molar-refractivity contribution in [2.45, 2.75) is 18.9 Å². The number of anilines is 3. The highest BCUT2D eigenvalue weighted by atomic mass is 28.3. The molecule has 0 fully saturated rings. The van der Waals surface area contributed by atoms with Gasteiger partial charge in [0, 0.05) is 22.5 Å². The third kappa shape index (κ3) is 6.05. The summed E-state index contributed by atoms with van der Waals surface area (Å²) in [5.74, 6) is 0. The molecule has 1 atom stereocenters. The quantitative estimate of drug-likeness (QED) is 0.137. The fraction of sp³-hybridized carbons (Fsp3) is 0.0435. The fourth-order valence-electron chi connectivity index (χ4n) is 13.3. The Kier molecular flexibility index (Phi) is 9.66. The first-order chi connectivity index (χ1) is 35.5. The summed E-state index contributed by atoms with van der Waals surface area (Å²) in [7, 11) is -5.03. The van der Waals surface area contributed by atoms with Gasteiger partial charge in [0.1, 0.15) is 8.07 Å². The van der Waals surface area contributed by atoms with Crippen LogP contribution in [0.2, 0.25) is 6.55 Å². The Morgan fingerprint density at radius 1 is 0.306 bits per heavy atom. The first-order valence-corrected chi connectivity index (χ1v) is 29.8. The van der Waals surface area contributed by atoms with E-state index in [-0.39, 0.29) is 5.41 Å². The van der Waals surface area contributed by atoms with Gasteiger partial charge in [0.05, 0.1) is 0 Å². The van der Waals surface area contributed by atoms with Crippen molar-refractivity contribution in [1.82, 2.24) is 0 Å². The molecule has 3 aliphatic rings. The van der Waals surface area contributed by atoms with Crippen LogP contribution in [0.3, 0.4) is 0 Å². The smallest absolute Gasteiger partial charge is 0.180 e. The van der Waals surface area contributed by atoms with E-state index >= 15 is 0 Å². The van der Waals surface area contributed by atoms with Gasteiger partial charge in [-0.3, -0.25) is 0 Å². The van der Waals surface area contributed by atoms with Gasteiger partial charge in [-0.25, -0.2) is 0 Å². The zero-order chi connectivity index (χ0) is 48.0. The van der Waals surface area contributed by atoms with Crippen LogP contribution < -0.4 is 41.2 Å². The number of benzene rings is 11. The normalized spacial score (nSPS) is 15.9. The molecule has 2 aliphatic heterocycles. The average Bonchev–Trinajstić information content (AvgIpc) is 4.02. The van der Waals surface area contributed by atoms with Crippen LogP contribution in [0, 0.1) is 0 Å². The Balaban J connectivity index is 0.929. The predicted octanol–water partition coefficient (Wildman–Crippen LogP) is 12.6. The highest BCUT2D eigenvalue weighted by Gasteiger charge is 2.49. The third-order valence-corrected chi connectivity index (χ3v) is 26.1. The van der Waals surface area contributed by atoms with Crippen molar-refractivity contribution in [2.24, 2.45) is 0 Å². The molecule has 0 saturated carbocycles. The van der Waals surface area contributed by atoms with E-state index in [0.29, 0.717) is 0 Å². The highest BCUT2D eigenvalue weighted by Crippen LogP contribution is 2.54. The Hall–Kier alpha value is -8.35. The van der Waals surface area contributed by atoms with Gasteiger partial charge in [0.25, 0.3) is 0 Å². The molecule has 0 radical (unpaired) electrons. The Labute approximate surface area is 425 Å². The van der Waals surface area contributed by atoms with E-state index in [9.17, 15) is 0 Å². The minimum Gasteiger partial charge on any atom is -0.310 e. The van der Waals surface area contributed by atoms with E-state index in [4.69, 9.17) is 0 Å². The molecule has 1 aliphatic carbocycles. The maximum Gasteiger partial charge on any atom is 0.180 e. The second kappa shape index (κ2) is 16.4. The lowest BCUT2D eigenvalue weighted by atomic mass is 9.74. The molecular weight excluding hydrogens is 899 g/mol. The Bertz CT molecular complexity index is 3820. The van der Waals surface area contributed by atoms with Crippen molar-refractivity contribution >= 4 is 69.5 Å². The van der Waals surface area contributed by atoms with E-state index < -0.39 is 16.1 Å². The van der Waals surface area contributed by atoms with Gasteiger partial charge in [0.15, 0.2) is 8.07 Å². The lowest BCUT2D eigenvalue weighted by Crippen LogP contribution is -2.72. The summed E-state index contributed by atoms with van der Waals surface area (Å²) < 4.78 is 0. The molecule has 340 valence electrons. The van der Waals surface area contributed by atoms with Crippen LogP contribution in [-0.4, -0.2) is 16.1 Å². The molecule has 0 saturated heterocycles. The van der Waals surface area contributed by atoms with E-state index in [1.165, 1.54) is 97.5 Å². The van der Waals surface area contributed by atoms with Crippen molar-refractivity contribution in [3.8, 4) is 44.5 Å². The summed E-state index contributed by atoms with van der Waals surface area (Å²) >= 11 is 0. The van der Waals surface area contributed by atoms with Crippen LogP contribution >= 0.6 is 0 Å². The zero-order valence-corrected chi connectivity index (χ0v) is 42.4. The molecular formula is C69H51NSi2. The SMILES string of the molecule is CC1(c2ccccc2)c2ccccc2-c2ccc(N(c3ccc(-c4cccc([Si]5(c6ccccc6)c6ccccc6-c6ccccc65)c4)cc3)c3cccc([Si]4(C)c5ccccc5-c5ccccc54)c3)cc21. The third-order valence-electron chi connectivity index (χ3n) is 16.7. The number of nitrogens with zero attached hydrogens (tertiary/aromatic N) is 1. The highest BCUT2D eigenvalue weighted by molar-refractivity contribution is 7.22. The van der Waals surface area contributed by atoms with Crippen LogP contribution in [-0.2, 0) is 5.41 Å². The number of fused-ring (bicyclic) bond motifs is 9. The maximum atomic E-state index is 2.55. The lowest BCUT2D eigenvalue weighted by molar-refractivity contribution is 0.714. The molecule has 0 bridgehead atoms. The summed E-state index contributed by atoms with van der Waals surface area (Å²) in [6, 6.07) is 103. The van der Waals surface area contributed by atoms with Crippen molar-refractivity contribution < 1.29 is 0 Å². The van der Waals surface area contributed by atoms with E-state index in [1.54, 1.807) is 0 Å². The molecule has 3 heteroatoms. The fourth-order valence-corrected chi connectivity index (χ4v) is 22.7. The van der Waals surface area contributed by atoms with Crippen LogP contribution in [0.4, 0.5) is 17.1 Å². The summed E-state index contributed by atoms with van der Waals surface area (Å²) in [4.78, 5) is 2.51. The van der Waals surface area contributed by atoms with Gasteiger partial charge in [-0.05, 0) is 141 Å². The summed E-state index contributed by atoms with van der Waals surface area (Å²) in [6.07, 6.45) is 0. The first kappa shape index (κ1) is 42.5. The topological polar surface area (TPSA) is 3.24 Å². The van der Waals surface area contributed by atoms with Crippen LogP contribution in [0.15, 0.2) is 273 Å². The van der Waals surface area contributed by atoms with Crippen molar-refractivity contribution in [3.63, 3.8) is 0 Å². The van der Waals surface area contributed by atoms with Gasteiger partial charge >= 0.3 is 0 Å². The largest absolute Gasteiger partial charge is 0.310 e. The molecule has 0 spiro atoms. The average molecular weight is 950 g/mol. The molecule has 2 heterocycles. The van der Waals surface area contributed by atoms with Crippen LogP contribution in [0.1, 0.15) is 23.6 Å². The zero-order valence-electron chi connectivity index (χ0n) is 40.4. The Morgan fingerprint density at radius 3 is 1.43 bits per heavy atom. The van der Waals surface area contributed by atoms with Gasteiger partial charge in [0.2, 0.25) is 0 Å². The summed E-state index contributed by atoms with van der Waals surface area (Å²) in [5.41, 5.74) is 17.6. The number of hydrogen-bond donors (Lipinski definition) is 0. The lowest BCUT2D eigenvalue weighted by Gasteiger charge is -2.32. The number of hydrogen-bond acceptors (Lipinski definition) is 1. The second-order valence-electron chi connectivity index (χ2n) is 20.2. The number of rotatable bonds is 8.